The Morgan fingerprint density at radius 1 is 0.364 bits per heavy atom. The van der Waals surface area contributed by atoms with E-state index in [0.29, 0.717) is 11.1 Å². The van der Waals surface area contributed by atoms with E-state index in [4.69, 9.17) is 116 Å². The highest BCUT2D eigenvalue weighted by atomic mass is 35.5. The van der Waals surface area contributed by atoms with E-state index in [0.717, 1.165) is 65.2 Å². The van der Waals surface area contributed by atoms with Crippen LogP contribution in [-0.4, -0.2) is 251 Å². The van der Waals surface area contributed by atoms with Crippen molar-refractivity contribution in [1.29, 1.82) is 0 Å². The Morgan fingerprint density at radius 3 is 1.16 bits per heavy atom. The van der Waals surface area contributed by atoms with Crippen LogP contribution in [0.15, 0.2) is 164 Å². The average Bonchev–Trinajstić information content (AvgIpc) is 0.751. The Bertz CT molecular complexity index is 4130. The highest BCUT2D eigenvalue weighted by molar-refractivity contribution is 6.27. The molecule has 5 fully saturated rings. The van der Waals surface area contributed by atoms with Gasteiger partial charge in [0.25, 0.3) is 0 Å². The van der Waals surface area contributed by atoms with Crippen LogP contribution in [0.1, 0.15) is 90.1 Å². The Kier molecular flexibility index (Phi) is 36.4. The van der Waals surface area contributed by atoms with Crippen molar-refractivity contribution >= 4 is 65.2 Å². The van der Waals surface area contributed by atoms with E-state index >= 15 is 0 Å². The molecule has 0 spiro atoms. The molecule has 0 aliphatic carbocycles. The summed E-state index contributed by atoms with van der Waals surface area (Å²) in [4.78, 5) is 122. The second-order valence-electron chi connectivity index (χ2n) is 29.1. The minimum Gasteiger partial charge on any atom is -0.463 e. The van der Waals surface area contributed by atoms with E-state index in [-0.39, 0.29) is 46.2 Å². The van der Waals surface area contributed by atoms with Crippen molar-refractivity contribution in [3.63, 3.8) is 0 Å². The van der Waals surface area contributed by atoms with Crippen molar-refractivity contribution in [3.05, 3.63) is 192 Å². The summed E-state index contributed by atoms with van der Waals surface area (Å²) >= 11 is 6.58. The van der Waals surface area contributed by atoms with Gasteiger partial charge in [-0.05, 0) is 34.7 Å². The summed E-state index contributed by atoms with van der Waals surface area (Å²) in [5, 5.41) is 18.3. The number of benzene rings is 5. The van der Waals surface area contributed by atoms with E-state index in [2.05, 4.69) is 17.2 Å². The SMILES string of the molecule is C=CCO[C@@H]1O[C@H](COCc2ccccc2)[C@@H](O[C@@H]2O[C@H](COC(C)=O)[C@H](OC(C)=O)[C@H](O[C@@H]3O[C@H](COCc4ccccc4)[C@@H](O[C@@H]4O[C@H](COC(C)=O)[C@H](OC(C)=O)[C@H](OC(C)=O)[C@H]4OC(C)=O)[C@H](O[C@@H]4O[C@@H](C)[C@@H](OCc5ccccc5)[C@@H](OCc5ccccc5)[C@@H]4OCc4ccccc4)[C@H]3NC(=O)CCl)[C@H]2OC(C)=O)[C@H](O)[C@H]1NC(C)=O. The summed E-state index contributed by atoms with van der Waals surface area (Å²) in [6.45, 7) is 11.0. The maximum atomic E-state index is 14.9. The number of alkyl halides is 1. The number of hydrogen-bond acceptors (Lipinski definition) is 32. The van der Waals surface area contributed by atoms with Gasteiger partial charge >= 0.3 is 41.8 Å². The van der Waals surface area contributed by atoms with Crippen molar-refractivity contribution in [1.82, 2.24) is 10.6 Å². The van der Waals surface area contributed by atoms with Crippen molar-refractivity contribution < 1.29 is 152 Å². The highest BCUT2D eigenvalue weighted by Crippen LogP contribution is 2.42. The summed E-state index contributed by atoms with van der Waals surface area (Å²) in [5.41, 5.74) is 3.54. The van der Waals surface area contributed by atoms with Crippen molar-refractivity contribution in [2.24, 2.45) is 0 Å². The van der Waals surface area contributed by atoms with E-state index in [1.165, 1.54) is 13.0 Å². The molecule has 0 aromatic heterocycles. The van der Waals surface area contributed by atoms with Gasteiger partial charge in [0, 0.05) is 55.4 Å². The third-order valence-electron chi connectivity index (χ3n) is 19.6. The lowest BCUT2D eigenvalue weighted by molar-refractivity contribution is -0.393. The minimum atomic E-state index is -2.14. The fraction of sp³-hybridized carbons (Fsp3) is 0.523. The van der Waals surface area contributed by atoms with Gasteiger partial charge in [0.1, 0.15) is 104 Å². The molecule has 2 amide bonds. The van der Waals surface area contributed by atoms with Gasteiger partial charge in [0.05, 0.1) is 59.0 Å². The quantitative estimate of drug-likeness (QED) is 0.0177. The van der Waals surface area contributed by atoms with Gasteiger partial charge in [-0.15, -0.1) is 18.2 Å². The largest absolute Gasteiger partial charge is 0.463 e. The molecule has 658 valence electrons. The number of carbonyl (C=O) groups excluding carboxylic acids is 9. The van der Waals surface area contributed by atoms with Gasteiger partial charge in [-0.25, -0.2) is 0 Å². The Balaban J connectivity index is 1.19. The number of aliphatic hydroxyl groups is 1. The second-order valence-corrected chi connectivity index (χ2v) is 29.4. The fourth-order valence-electron chi connectivity index (χ4n) is 14.5. The highest BCUT2D eigenvalue weighted by Gasteiger charge is 2.62. The van der Waals surface area contributed by atoms with Crippen LogP contribution < -0.4 is 10.6 Å². The topological polar surface area (TPSA) is 401 Å². The van der Waals surface area contributed by atoms with E-state index in [1.54, 1.807) is 73.7 Å². The number of amides is 2. The lowest BCUT2D eigenvalue weighted by Gasteiger charge is -2.53. The van der Waals surface area contributed by atoms with Crippen molar-refractivity contribution in [2.45, 2.75) is 249 Å². The predicted molar refractivity (Wildman–Crippen MR) is 419 cm³/mol. The number of hydrogen-bond donors (Lipinski definition) is 3. The fourth-order valence-corrected chi connectivity index (χ4v) is 14.6. The lowest BCUT2D eigenvalue weighted by Crippen LogP contribution is -2.72. The smallest absolute Gasteiger partial charge is 0.303 e. The van der Waals surface area contributed by atoms with E-state index in [9.17, 15) is 48.3 Å². The summed E-state index contributed by atoms with van der Waals surface area (Å²) in [6, 6.07) is 42.1. The van der Waals surface area contributed by atoms with Crippen LogP contribution in [0.25, 0.3) is 0 Å². The first-order valence-corrected chi connectivity index (χ1v) is 40.0. The zero-order valence-electron chi connectivity index (χ0n) is 68.4. The Morgan fingerprint density at radius 2 is 0.719 bits per heavy atom. The molecule has 121 heavy (non-hydrogen) atoms. The number of ether oxygens (including phenoxy) is 22. The van der Waals surface area contributed by atoms with Gasteiger partial charge in [-0.2, -0.15) is 0 Å². The zero-order valence-corrected chi connectivity index (χ0v) is 69.2. The van der Waals surface area contributed by atoms with Gasteiger partial charge in [0.2, 0.25) is 11.8 Å². The molecule has 35 heteroatoms. The van der Waals surface area contributed by atoms with Crippen LogP contribution in [0, 0.1) is 0 Å². The molecule has 0 radical (unpaired) electrons. The Labute approximate surface area is 705 Å². The molecular formula is C86H105ClN2O32. The monoisotopic (exact) mass is 1710 g/mol. The first-order chi connectivity index (χ1) is 58.2. The van der Waals surface area contributed by atoms with Crippen LogP contribution in [-0.2, 0) is 180 Å². The zero-order chi connectivity index (χ0) is 86.7. The molecule has 5 aliphatic rings. The third kappa shape index (κ3) is 27.6. The first kappa shape index (κ1) is 94.0. The second kappa shape index (κ2) is 46.8. The van der Waals surface area contributed by atoms with E-state index < -0.39 is 233 Å². The molecule has 5 aromatic rings. The predicted octanol–water partition coefficient (Wildman–Crippen LogP) is 5.94. The number of nitrogens with one attached hydrogen (secondary N) is 2. The molecule has 34 nitrogen and oxygen atoms in total. The number of carbonyl (C=O) groups is 9. The normalized spacial score (nSPS) is 30.2. The van der Waals surface area contributed by atoms with Gasteiger partial charge in [-0.3, -0.25) is 43.2 Å². The first-order valence-electron chi connectivity index (χ1n) is 39.5. The van der Waals surface area contributed by atoms with Crippen molar-refractivity contribution in [2.75, 3.05) is 38.9 Å². The molecule has 25 atom stereocenters. The summed E-state index contributed by atoms with van der Waals surface area (Å²) in [5.74, 6) is -9.18. The summed E-state index contributed by atoms with van der Waals surface area (Å²) < 4.78 is 144. The van der Waals surface area contributed by atoms with Crippen LogP contribution in [0.3, 0.4) is 0 Å². The number of aliphatic hydroxyl groups excluding tert-OH is 1. The molecule has 5 heterocycles. The maximum Gasteiger partial charge on any atom is 0.303 e. The molecule has 3 N–H and O–H groups in total. The van der Waals surface area contributed by atoms with Crippen LogP contribution in [0.5, 0.6) is 0 Å². The van der Waals surface area contributed by atoms with Gasteiger partial charge in [0.15, 0.2) is 62.0 Å². The van der Waals surface area contributed by atoms with E-state index in [1.807, 2.05) is 84.9 Å². The summed E-state index contributed by atoms with van der Waals surface area (Å²) in [6.07, 6.45) is -38.0. The van der Waals surface area contributed by atoms with Gasteiger partial charge < -0.3 is 120 Å². The molecule has 0 bridgehead atoms. The lowest BCUT2D eigenvalue weighted by atomic mass is 9.93. The Hall–Kier alpha value is -9.28. The molecular weight excluding hydrogens is 1610 g/mol. The molecule has 5 aromatic carbocycles. The average molecular weight is 1710 g/mol. The van der Waals surface area contributed by atoms with Crippen LogP contribution in [0.4, 0.5) is 0 Å². The minimum absolute atomic E-state index is 0.00303. The molecule has 10 rings (SSSR count). The third-order valence-corrected chi connectivity index (χ3v) is 19.9. The van der Waals surface area contributed by atoms with Crippen LogP contribution >= 0.6 is 11.6 Å². The molecule has 0 saturated carbocycles. The maximum absolute atomic E-state index is 14.9. The van der Waals surface area contributed by atoms with Crippen LogP contribution in [0.2, 0.25) is 0 Å². The number of halogens is 1. The molecule has 5 aliphatic heterocycles. The standard InChI is InChI=1S/C86H105ClN2O32/c1-11-37-102-82-67(88-49(3)90)69(99)71(62(114-82)44-100-39-57-27-17-12-18-28-57)118-85-81(113-56(10)97)78(74(110-53(7)94)65(116-85)47-104-51(5)92)121-83-68(89-66(98)38-87)75(120-84-79(107-43-61-35-25-16-26-36-61)76(106-42-60-33-23-15-24-34-60)70(48(2)108-84)105-41-59-31-21-14-22-32-59)72(63(115-83)45-101-40-58-29-19-13-20-30-58)119-86-80(112-55(9)96)77(111-54(8)95)73(109-52(6)93)64(117-86)46-103-50(4)91/h11-36,48,62-65,67-86,99H,1,37-47H2,2-10H3,(H,88,90)(H,89,98)/t48-,62+,63+,64+,65+,67+,68+,69+,70+,71+,72+,73-,74-,75+,76+,77-,78-,79-,80+,81+,82+,83-,84-,85-,86-/m0/s1. The van der Waals surface area contributed by atoms with Crippen molar-refractivity contribution in [3.8, 4) is 0 Å². The number of esters is 7. The summed E-state index contributed by atoms with van der Waals surface area (Å²) in [7, 11) is 0. The van der Waals surface area contributed by atoms with Gasteiger partial charge in [-0.1, -0.05) is 158 Å². The molecule has 0 unspecified atom stereocenters. The molecule has 5 saturated heterocycles. The number of rotatable bonds is 40.